The van der Waals surface area contributed by atoms with Crippen LogP contribution in [0.4, 0.5) is 24.7 Å². The first kappa shape index (κ1) is 18.7. The number of nitrogens with one attached hydrogen (secondary N) is 1. The van der Waals surface area contributed by atoms with Crippen molar-refractivity contribution < 1.29 is 22.6 Å². The summed E-state index contributed by atoms with van der Waals surface area (Å²) in [7, 11) is 0. The molecule has 0 spiro atoms. The number of aromatic nitrogens is 3. The molecule has 3 aliphatic heterocycles. The third kappa shape index (κ3) is 3.02. The van der Waals surface area contributed by atoms with E-state index in [-0.39, 0.29) is 31.8 Å². The van der Waals surface area contributed by atoms with Crippen LogP contribution in [0.1, 0.15) is 12.8 Å². The summed E-state index contributed by atoms with van der Waals surface area (Å²) in [5.41, 5.74) is 0.949. The highest BCUT2D eigenvalue weighted by molar-refractivity contribution is 14.1. The normalized spacial score (nSPS) is 28.4. The summed E-state index contributed by atoms with van der Waals surface area (Å²) in [5, 5.41) is 7.74. The number of fused-ring (bicyclic) bond motifs is 3. The van der Waals surface area contributed by atoms with Crippen molar-refractivity contribution in [3.05, 3.63) is 9.77 Å². The SMILES string of the molecule is FC(F)(F)C1COCCN1c1cc(N2C3CCC2COC3)nc2n[nH]c(I)c12. The number of nitrogens with zero attached hydrogens (tertiary/aromatic N) is 4. The Morgan fingerprint density at radius 2 is 1.89 bits per heavy atom. The van der Waals surface area contributed by atoms with E-state index in [1.807, 2.05) is 0 Å². The van der Waals surface area contributed by atoms with Crippen molar-refractivity contribution in [1.82, 2.24) is 15.2 Å². The van der Waals surface area contributed by atoms with E-state index < -0.39 is 12.2 Å². The number of anilines is 2. The number of rotatable bonds is 2. The van der Waals surface area contributed by atoms with Crippen molar-refractivity contribution in [3.8, 4) is 0 Å². The first-order chi connectivity index (χ1) is 13.4. The lowest BCUT2D eigenvalue weighted by molar-refractivity contribution is -0.167. The summed E-state index contributed by atoms with van der Waals surface area (Å²) in [4.78, 5) is 8.29. The summed E-state index contributed by atoms with van der Waals surface area (Å²) in [5.74, 6) is 0.675. The number of morpholine rings is 2. The first-order valence-corrected chi connectivity index (χ1v) is 10.3. The van der Waals surface area contributed by atoms with Crippen molar-refractivity contribution in [3.63, 3.8) is 0 Å². The van der Waals surface area contributed by atoms with Gasteiger partial charge in [0.05, 0.1) is 49.6 Å². The molecule has 0 amide bonds. The minimum Gasteiger partial charge on any atom is -0.377 e. The average Bonchev–Trinajstić information content (AvgIpc) is 3.16. The van der Waals surface area contributed by atoms with E-state index in [1.54, 1.807) is 6.07 Å². The maximum absolute atomic E-state index is 13.7. The Kier molecular flexibility index (Phi) is 4.58. The molecule has 7 nitrogen and oxygen atoms in total. The van der Waals surface area contributed by atoms with Crippen molar-refractivity contribution >= 4 is 45.1 Å². The minimum absolute atomic E-state index is 0.167. The summed E-state index contributed by atoms with van der Waals surface area (Å²) in [6.45, 7) is 1.28. The molecule has 2 aromatic heterocycles. The number of alkyl halides is 3. The molecule has 28 heavy (non-hydrogen) atoms. The van der Waals surface area contributed by atoms with E-state index in [1.165, 1.54) is 4.90 Å². The van der Waals surface area contributed by atoms with Gasteiger partial charge in [-0.05, 0) is 35.4 Å². The molecule has 2 bridgehead atoms. The fourth-order valence-electron chi connectivity index (χ4n) is 4.48. The van der Waals surface area contributed by atoms with Crippen LogP contribution in [-0.4, -0.2) is 72.5 Å². The summed E-state index contributed by atoms with van der Waals surface area (Å²) >= 11 is 2.06. The molecule has 152 valence electrons. The Morgan fingerprint density at radius 1 is 1.14 bits per heavy atom. The molecule has 5 heterocycles. The van der Waals surface area contributed by atoms with Gasteiger partial charge in [0.1, 0.15) is 15.6 Å². The Morgan fingerprint density at radius 3 is 2.61 bits per heavy atom. The zero-order chi connectivity index (χ0) is 19.5. The molecular weight excluding hydrogens is 490 g/mol. The summed E-state index contributed by atoms with van der Waals surface area (Å²) in [6.07, 6.45) is -2.38. The van der Waals surface area contributed by atoms with Crippen LogP contribution in [0.15, 0.2) is 6.07 Å². The van der Waals surface area contributed by atoms with Crippen LogP contribution in [0.2, 0.25) is 0 Å². The third-order valence-corrected chi connectivity index (χ3v) is 6.55. The molecule has 3 saturated heterocycles. The molecule has 3 atom stereocenters. The third-order valence-electron chi connectivity index (χ3n) is 5.77. The zero-order valence-electron chi connectivity index (χ0n) is 14.9. The fourth-order valence-corrected chi connectivity index (χ4v) is 5.12. The Hall–Kier alpha value is -1.34. The monoisotopic (exact) mass is 509 g/mol. The lowest BCUT2D eigenvalue weighted by Crippen LogP contribution is -2.53. The van der Waals surface area contributed by atoms with Crippen LogP contribution in [0.5, 0.6) is 0 Å². The van der Waals surface area contributed by atoms with Gasteiger partial charge in [-0.15, -0.1) is 0 Å². The van der Waals surface area contributed by atoms with Gasteiger partial charge < -0.3 is 19.3 Å². The molecule has 3 fully saturated rings. The van der Waals surface area contributed by atoms with Gasteiger partial charge in [0.25, 0.3) is 0 Å². The van der Waals surface area contributed by atoms with Gasteiger partial charge in [0, 0.05) is 12.6 Å². The predicted molar refractivity (Wildman–Crippen MR) is 105 cm³/mol. The quantitative estimate of drug-likeness (QED) is 0.629. The van der Waals surface area contributed by atoms with Crippen molar-refractivity contribution in [2.45, 2.75) is 37.1 Å². The maximum atomic E-state index is 13.7. The molecule has 0 aromatic carbocycles. The Labute approximate surface area is 172 Å². The lowest BCUT2D eigenvalue weighted by Gasteiger charge is -2.40. The topological polar surface area (TPSA) is 66.5 Å². The van der Waals surface area contributed by atoms with Crippen LogP contribution >= 0.6 is 22.6 Å². The van der Waals surface area contributed by atoms with Gasteiger partial charge in [-0.2, -0.15) is 18.3 Å². The van der Waals surface area contributed by atoms with Crippen LogP contribution in [0.3, 0.4) is 0 Å². The van der Waals surface area contributed by atoms with Crippen LogP contribution in [0.25, 0.3) is 11.0 Å². The lowest BCUT2D eigenvalue weighted by atomic mass is 10.1. The second kappa shape index (κ2) is 6.87. The van der Waals surface area contributed by atoms with E-state index in [4.69, 9.17) is 9.47 Å². The highest BCUT2D eigenvalue weighted by Gasteiger charge is 2.46. The molecule has 5 rings (SSSR count). The number of halogens is 4. The molecular formula is C17H19F3IN5O2. The molecule has 3 aliphatic rings. The minimum atomic E-state index is -4.39. The maximum Gasteiger partial charge on any atom is 0.411 e. The number of hydrogen-bond donors (Lipinski definition) is 1. The van der Waals surface area contributed by atoms with Gasteiger partial charge in [0.2, 0.25) is 0 Å². The fraction of sp³-hybridized carbons (Fsp3) is 0.647. The van der Waals surface area contributed by atoms with Gasteiger partial charge >= 0.3 is 6.18 Å². The molecule has 11 heteroatoms. The molecule has 0 aliphatic carbocycles. The molecule has 0 saturated carbocycles. The van der Waals surface area contributed by atoms with E-state index in [0.29, 0.717) is 39.5 Å². The van der Waals surface area contributed by atoms with E-state index in [9.17, 15) is 13.2 Å². The number of pyridine rings is 1. The smallest absolute Gasteiger partial charge is 0.377 e. The van der Waals surface area contributed by atoms with Crippen molar-refractivity contribution in [2.24, 2.45) is 0 Å². The number of aromatic amines is 1. The van der Waals surface area contributed by atoms with Crippen molar-refractivity contribution in [1.29, 1.82) is 0 Å². The van der Waals surface area contributed by atoms with Gasteiger partial charge in [-0.25, -0.2) is 4.98 Å². The summed E-state index contributed by atoms with van der Waals surface area (Å²) < 4.78 is 52.6. The highest BCUT2D eigenvalue weighted by Crippen LogP contribution is 2.40. The van der Waals surface area contributed by atoms with Crippen LogP contribution in [0, 0.1) is 3.70 Å². The first-order valence-electron chi connectivity index (χ1n) is 9.25. The van der Waals surface area contributed by atoms with Crippen LogP contribution in [-0.2, 0) is 9.47 Å². The molecule has 1 N–H and O–H groups in total. The van der Waals surface area contributed by atoms with E-state index in [2.05, 4.69) is 42.7 Å². The molecule has 3 unspecified atom stereocenters. The average molecular weight is 509 g/mol. The van der Waals surface area contributed by atoms with Crippen LogP contribution < -0.4 is 9.80 Å². The zero-order valence-corrected chi connectivity index (χ0v) is 17.0. The predicted octanol–water partition coefficient (Wildman–Crippen LogP) is 2.70. The number of H-pyrrole nitrogens is 1. The van der Waals surface area contributed by atoms with E-state index in [0.717, 1.165) is 12.8 Å². The standard InChI is InChI=1S/C17H19F3IN5O2/c18-17(19,20)12-8-27-4-3-25(12)11-5-13(22-16-14(11)15(21)23-24-16)26-9-1-2-10(26)7-28-6-9/h5,9-10,12H,1-4,6-8H2,(H,22,23,24). The van der Waals surface area contributed by atoms with E-state index >= 15 is 0 Å². The van der Waals surface area contributed by atoms with Crippen molar-refractivity contribution in [2.75, 3.05) is 42.8 Å². The summed E-state index contributed by atoms with van der Waals surface area (Å²) in [6, 6.07) is 0.517. The number of hydrogen-bond acceptors (Lipinski definition) is 6. The molecule has 2 aromatic rings. The van der Waals surface area contributed by atoms with Gasteiger partial charge in [-0.1, -0.05) is 0 Å². The Bertz CT molecular complexity index is 876. The Balaban J connectivity index is 1.64. The highest BCUT2D eigenvalue weighted by atomic mass is 127. The van der Waals surface area contributed by atoms with Gasteiger partial charge in [-0.3, -0.25) is 5.10 Å². The second-order valence-electron chi connectivity index (χ2n) is 7.39. The van der Waals surface area contributed by atoms with Gasteiger partial charge in [0.15, 0.2) is 5.65 Å². The number of ether oxygens (including phenoxy) is 2. The second-order valence-corrected chi connectivity index (χ2v) is 8.47. The molecule has 0 radical (unpaired) electrons. The largest absolute Gasteiger partial charge is 0.411 e.